The summed E-state index contributed by atoms with van der Waals surface area (Å²) in [4.78, 5) is 11.4. The third kappa shape index (κ3) is 3.96. The third-order valence-corrected chi connectivity index (χ3v) is 3.40. The van der Waals surface area contributed by atoms with Gasteiger partial charge in [-0.25, -0.2) is 0 Å². The molecule has 0 radical (unpaired) electrons. The summed E-state index contributed by atoms with van der Waals surface area (Å²) in [6.45, 7) is 1.69. The number of aliphatic hydroxyl groups is 1. The van der Waals surface area contributed by atoms with Crippen LogP contribution in [0.3, 0.4) is 0 Å². The molecular weight excluding hydrogens is 244 g/mol. The molecule has 0 saturated carbocycles. The van der Waals surface area contributed by atoms with Crippen molar-refractivity contribution in [2.24, 2.45) is 0 Å². The lowest BCUT2D eigenvalue weighted by Gasteiger charge is -2.33. The van der Waals surface area contributed by atoms with Crippen molar-refractivity contribution >= 4 is 5.97 Å². The van der Waals surface area contributed by atoms with E-state index in [1.54, 1.807) is 14.0 Å². The molecule has 4 heteroatoms. The van der Waals surface area contributed by atoms with Crippen LogP contribution >= 0.6 is 0 Å². The monoisotopic (exact) mass is 264 g/mol. The van der Waals surface area contributed by atoms with Crippen LogP contribution < -0.4 is 4.74 Å². The number of methoxy groups -OCH3 is 1. The highest BCUT2D eigenvalue weighted by Crippen LogP contribution is 2.27. The minimum absolute atomic E-state index is 0.0893. The molecule has 0 amide bonds. The third-order valence-electron chi connectivity index (χ3n) is 3.40. The highest BCUT2D eigenvalue weighted by Gasteiger charge is 2.35. The Hall–Kier alpha value is -1.55. The van der Waals surface area contributed by atoms with Gasteiger partial charge in [-0.3, -0.25) is 4.79 Å². The summed E-state index contributed by atoms with van der Waals surface area (Å²) in [6, 6.07) is 7.83. The molecule has 2 unspecified atom stereocenters. The molecule has 1 fully saturated rings. The van der Waals surface area contributed by atoms with Crippen molar-refractivity contribution in [3.63, 3.8) is 0 Å². The number of carbonyl (C=O) groups is 1. The lowest BCUT2D eigenvalue weighted by molar-refractivity contribution is -0.168. The Kier molecular flexibility index (Phi) is 4.10. The summed E-state index contributed by atoms with van der Waals surface area (Å²) in [5.74, 6) is 0.520. The molecule has 1 heterocycles. The Bertz CT molecular complexity index is 436. The number of cyclic esters (lactones) is 1. The molecule has 1 aromatic rings. The van der Waals surface area contributed by atoms with Gasteiger partial charge in [0.25, 0.3) is 0 Å². The minimum Gasteiger partial charge on any atom is -0.497 e. The summed E-state index contributed by atoms with van der Waals surface area (Å²) in [6.07, 6.45) is 1.95. The van der Waals surface area contributed by atoms with Gasteiger partial charge < -0.3 is 14.6 Å². The summed E-state index contributed by atoms with van der Waals surface area (Å²) < 4.78 is 10.4. The molecule has 4 nitrogen and oxygen atoms in total. The van der Waals surface area contributed by atoms with Gasteiger partial charge >= 0.3 is 5.97 Å². The number of aryl methyl sites for hydroxylation is 1. The largest absolute Gasteiger partial charge is 0.497 e. The molecule has 1 aromatic carbocycles. The standard InChI is InChI=1S/C15H20O4/c1-15(17)9-13(19-14(16)10-15)8-5-11-3-6-12(18-2)7-4-11/h3-4,6-7,13,17H,5,8-10H2,1-2H3. The van der Waals surface area contributed by atoms with Gasteiger partial charge in [0.15, 0.2) is 0 Å². The van der Waals surface area contributed by atoms with Crippen molar-refractivity contribution in [3.8, 4) is 5.75 Å². The van der Waals surface area contributed by atoms with Crippen LogP contribution in [0.5, 0.6) is 5.75 Å². The number of hydrogen-bond acceptors (Lipinski definition) is 4. The number of carbonyl (C=O) groups excluding carboxylic acids is 1. The molecule has 1 aliphatic heterocycles. The van der Waals surface area contributed by atoms with Crippen molar-refractivity contribution < 1.29 is 19.4 Å². The second-order valence-corrected chi connectivity index (χ2v) is 5.38. The fourth-order valence-corrected chi connectivity index (χ4v) is 2.42. The molecule has 104 valence electrons. The summed E-state index contributed by atoms with van der Waals surface area (Å²) in [5, 5.41) is 9.96. The smallest absolute Gasteiger partial charge is 0.308 e. The summed E-state index contributed by atoms with van der Waals surface area (Å²) in [5.41, 5.74) is 0.238. The fraction of sp³-hybridized carbons (Fsp3) is 0.533. The molecule has 0 spiro atoms. The Labute approximate surface area is 113 Å². The maximum absolute atomic E-state index is 11.4. The van der Waals surface area contributed by atoms with Crippen LogP contribution in [0, 0.1) is 0 Å². The van der Waals surface area contributed by atoms with E-state index in [4.69, 9.17) is 9.47 Å². The van der Waals surface area contributed by atoms with Crippen LogP contribution in [-0.4, -0.2) is 29.9 Å². The maximum atomic E-state index is 11.4. The zero-order chi connectivity index (χ0) is 13.9. The Morgan fingerprint density at radius 1 is 1.42 bits per heavy atom. The first-order chi connectivity index (χ1) is 8.98. The van der Waals surface area contributed by atoms with Crippen LogP contribution in [0.1, 0.15) is 31.7 Å². The second kappa shape index (κ2) is 5.61. The molecular formula is C15H20O4. The van der Waals surface area contributed by atoms with Crippen LogP contribution in [0.2, 0.25) is 0 Å². The van der Waals surface area contributed by atoms with E-state index in [-0.39, 0.29) is 18.5 Å². The van der Waals surface area contributed by atoms with E-state index in [0.29, 0.717) is 6.42 Å². The average Bonchev–Trinajstić information content (AvgIpc) is 2.34. The Balaban J connectivity index is 1.89. The molecule has 0 aromatic heterocycles. The van der Waals surface area contributed by atoms with E-state index in [9.17, 15) is 9.90 Å². The SMILES string of the molecule is COc1ccc(CCC2CC(C)(O)CC(=O)O2)cc1. The van der Waals surface area contributed by atoms with Crippen LogP contribution in [-0.2, 0) is 16.0 Å². The summed E-state index contributed by atoms with van der Waals surface area (Å²) in [7, 11) is 1.64. The fourth-order valence-electron chi connectivity index (χ4n) is 2.42. The van der Waals surface area contributed by atoms with Crippen molar-refractivity contribution in [2.75, 3.05) is 7.11 Å². The van der Waals surface area contributed by atoms with Gasteiger partial charge in [-0.05, 0) is 37.5 Å². The van der Waals surface area contributed by atoms with Crippen molar-refractivity contribution in [2.45, 2.75) is 44.3 Å². The van der Waals surface area contributed by atoms with Gasteiger partial charge in [0.1, 0.15) is 11.9 Å². The Morgan fingerprint density at radius 3 is 2.68 bits per heavy atom. The highest BCUT2D eigenvalue weighted by atomic mass is 16.5. The molecule has 2 atom stereocenters. The van der Waals surface area contributed by atoms with Gasteiger partial charge in [-0.2, -0.15) is 0 Å². The molecule has 19 heavy (non-hydrogen) atoms. The van der Waals surface area contributed by atoms with Gasteiger partial charge in [0.05, 0.1) is 19.1 Å². The first kappa shape index (κ1) is 13.9. The topological polar surface area (TPSA) is 55.8 Å². The number of hydrogen-bond donors (Lipinski definition) is 1. The van der Waals surface area contributed by atoms with Crippen LogP contribution in [0.25, 0.3) is 0 Å². The number of benzene rings is 1. The zero-order valence-electron chi connectivity index (χ0n) is 11.4. The normalized spacial score (nSPS) is 26.9. The maximum Gasteiger partial charge on any atom is 0.308 e. The zero-order valence-corrected chi connectivity index (χ0v) is 11.4. The predicted molar refractivity (Wildman–Crippen MR) is 71.1 cm³/mol. The molecule has 1 N–H and O–H groups in total. The van der Waals surface area contributed by atoms with E-state index in [0.717, 1.165) is 18.6 Å². The summed E-state index contributed by atoms with van der Waals surface area (Å²) >= 11 is 0. The van der Waals surface area contributed by atoms with Crippen molar-refractivity contribution in [1.29, 1.82) is 0 Å². The van der Waals surface area contributed by atoms with Crippen LogP contribution in [0.15, 0.2) is 24.3 Å². The van der Waals surface area contributed by atoms with E-state index in [2.05, 4.69) is 0 Å². The van der Waals surface area contributed by atoms with Gasteiger partial charge in [-0.1, -0.05) is 12.1 Å². The molecule has 1 aliphatic rings. The molecule has 0 bridgehead atoms. The van der Waals surface area contributed by atoms with E-state index >= 15 is 0 Å². The number of ether oxygens (including phenoxy) is 2. The molecule has 1 saturated heterocycles. The van der Waals surface area contributed by atoms with Crippen molar-refractivity contribution in [1.82, 2.24) is 0 Å². The predicted octanol–water partition coefficient (Wildman–Crippen LogP) is 2.08. The minimum atomic E-state index is -0.931. The van der Waals surface area contributed by atoms with Gasteiger partial charge in [-0.15, -0.1) is 0 Å². The quantitative estimate of drug-likeness (QED) is 0.846. The van der Waals surface area contributed by atoms with E-state index in [1.165, 1.54) is 5.56 Å². The average molecular weight is 264 g/mol. The molecule has 0 aliphatic carbocycles. The van der Waals surface area contributed by atoms with E-state index in [1.807, 2.05) is 24.3 Å². The Morgan fingerprint density at radius 2 is 2.11 bits per heavy atom. The lowest BCUT2D eigenvalue weighted by Crippen LogP contribution is -2.41. The van der Waals surface area contributed by atoms with Gasteiger partial charge in [0.2, 0.25) is 0 Å². The number of esters is 1. The highest BCUT2D eigenvalue weighted by molar-refractivity contribution is 5.71. The molecule has 2 rings (SSSR count). The van der Waals surface area contributed by atoms with Crippen molar-refractivity contribution in [3.05, 3.63) is 29.8 Å². The first-order valence-corrected chi connectivity index (χ1v) is 6.53. The second-order valence-electron chi connectivity index (χ2n) is 5.38. The first-order valence-electron chi connectivity index (χ1n) is 6.53. The lowest BCUT2D eigenvalue weighted by atomic mass is 9.89. The van der Waals surface area contributed by atoms with Crippen LogP contribution in [0.4, 0.5) is 0 Å². The van der Waals surface area contributed by atoms with E-state index < -0.39 is 5.60 Å². The van der Waals surface area contributed by atoms with Gasteiger partial charge in [0, 0.05) is 6.42 Å². The number of rotatable bonds is 4.